The summed E-state index contributed by atoms with van der Waals surface area (Å²) in [5, 5.41) is 0.491. The summed E-state index contributed by atoms with van der Waals surface area (Å²) in [5.41, 5.74) is 3.50. The second-order valence-electron chi connectivity index (χ2n) is 8.03. The van der Waals surface area contributed by atoms with E-state index in [1.54, 1.807) is 4.90 Å². The third kappa shape index (κ3) is 4.26. The van der Waals surface area contributed by atoms with E-state index in [1.807, 2.05) is 96.8 Å². The molecule has 0 unspecified atom stereocenters. The molecule has 7 heteroatoms. The third-order valence-corrected chi connectivity index (χ3v) is 6.78. The van der Waals surface area contributed by atoms with E-state index in [0.717, 1.165) is 22.4 Å². The number of rotatable bonds is 6. The minimum atomic E-state index is -0.617. The number of nitrogens with zero attached hydrogens (tertiary/aromatic N) is 4. The minimum Gasteiger partial charge on any atom is -0.338 e. The monoisotopic (exact) mass is 468 g/mol. The highest BCUT2D eigenvalue weighted by atomic mass is 32.2. The lowest BCUT2D eigenvalue weighted by Gasteiger charge is -2.26. The molecule has 0 radical (unpaired) electrons. The van der Waals surface area contributed by atoms with Crippen molar-refractivity contribution in [2.75, 3.05) is 12.3 Å². The molecule has 0 aromatic heterocycles. The Kier molecular flexibility index (Phi) is 6.27. The maximum Gasteiger partial charge on any atom is 0.263 e. The van der Waals surface area contributed by atoms with Crippen LogP contribution in [-0.4, -0.2) is 44.9 Å². The molecule has 170 valence electrons. The van der Waals surface area contributed by atoms with Crippen LogP contribution in [0.4, 0.5) is 5.69 Å². The van der Waals surface area contributed by atoms with Crippen LogP contribution in [0, 0.1) is 0 Å². The Bertz CT molecular complexity index is 1270. The van der Waals surface area contributed by atoms with Crippen LogP contribution in [0.5, 0.6) is 0 Å². The Morgan fingerprint density at radius 3 is 2.38 bits per heavy atom. The van der Waals surface area contributed by atoms with Gasteiger partial charge in [-0.15, -0.1) is 0 Å². The van der Waals surface area contributed by atoms with E-state index < -0.39 is 6.04 Å². The quantitative estimate of drug-likeness (QED) is 0.522. The molecule has 0 aliphatic carbocycles. The average molecular weight is 469 g/mol. The van der Waals surface area contributed by atoms with Crippen LogP contribution >= 0.6 is 11.8 Å². The Balaban J connectivity index is 1.39. The largest absolute Gasteiger partial charge is 0.338 e. The summed E-state index contributed by atoms with van der Waals surface area (Å²) in [6, 6.07) is 26.5. The molecule has 2 aliphatic heterocycles. The minimum absolute atomic E-state index is 0.00246. The second-order valence-corrected chi connectivity index (χ2v) is 8.98. The average Bonchev–Trinajstić information content (AvgIpc) is 3.24. The van der Waals surface area contributed by atoms with Crippen LogP contribution in [0.3, 0.4) is 0 Å². The molecule has 3 aromatic rings. The van der Waals surface area contributed by atoms with Gasteiger partial charge in [0.1, 0.15) is 5.84 Å². The summed E-state index contributed by atoms with van der Waals surface area (Å²) in [6.07, 6.45) is 0. The lowest BCUT2D eigenvalue weighted by Crippen LogP contribution is -2.40. The Morgan fingerprint density at radius 1 is 0.971 bits per heavy atom. The van der Waals surface area contributed by atoms with Gasteiger partial charge in [0.05, 0.1) is 11.4 Å². The highest BCUT2D eigenvalue weighted by molar-refractivity contribution is 8.14. The maximum absolute atomic E-state index is 13.5. The number of amidine groups is 2. The zero-order valence-corrected chi connectivity index (χ0v) is 19.6. The van der Waals surface area contributed by atoms with Crippen molar-refractivity contribution in [1.82, 2.24) is 9.80 Å². The molecular weight excluding hydrogens is 444 g/mol. The Labute approximate surface area is 203 Å². The molecule has 0 spiro atoms. The van der Waals surface area contributed by atoms with E-state index in [4.69, 9.17) is 9.98 Å². The topological polar surface area (TPSA) is 65.3 Å². The SMILES string of the molecule is CCN(Cc1ccccc1)C(=O)CSC1=Nc2ccccc2C2=N[C@@H](c3ccccc3)C(=O)N12. The first kappa shape index (κ1) is 22.1. The first-order valence-electron chi connectivity index (χ1n) is 11.2. The van der Waals surface area contributed by atoms with Gasteiger partial charge in [0, 0.05) is 18.7 Å². The van der Waals surface area contributed by atoms with Gasteiger partial charge in [0.15, 0.2) is 11.2 Å². The predicted octanol–water partition coefficient (Wildman–Crippen LogP) is 4.80. The van der Waals surface area contributed by atoms with Crippen molar-refractivity contribution in [3.8, 4) is 0 Å². The van der Waals surface area contributed by atoms with Crippen molar-refractivity contribution in [2.45, 2.75) is 19.5 Å². The Hall–Kier alpha value is -3.71. The molecule has 2 heterocycles. The first-order chi connectivity index (χ1) is 16.7. The molecule has 0 N–H and O–H groups in total. The second kappa shape index (κ2) is 9.65. The molecule has 3 aromatic carbocycles. The molecule has 5 rings (SSSR count). The molecule has 2 aliphatic rings. The normalized spacial score (nSPS) is 16.4. The zero-order valence-electron chi connectivity index (χ0n) is 18.8. The van der Waals surface area contributed by atoms with Gasteiger partial charge in [0.25, 0.3) is 5.91 Å². The molecule has 0 fully saturated rings. The van der Waals surface area contributed by atoms with Crippen molar-refractivity contribution < 1.29 is 9.59 Å². The highest BCUT2D eigenvalue weighted by Gasteiger charge is 2.42. The van der Waals surface area contributed by atoms with E-state index in [9.17, 15) is 9.59 Å². The van der Waals surface area contributed by atoms with Crippen molar-refractivity contribution in [3.63, 3.8) is 0 Å². The number of para-hydroxylation sites is 1. The van der Waals surface area contributed by atoms with Crippen LogP contribution in [0.1, 0.15) is 29.7 Å². The number of thioether (sulfide) groups is 1. The van der Waals surface area contributed by atoms with E-state index in [2.05, 4.69) is 0 Å². The summed E-state index contributed by atoms with van der Waals surface area (Å²) < 4.78 is 0. The molecule has 0 saturated carbocycles. The number of benzene rings is 3. The Morgan fingerprint density at radius 2 is 1.65 bits per heavy atom. The molecule has 2 amide bonds. The first-order valence-corrected chi connectivity index (χ1v) is 12.2. The number of hydrogen-bond acceptors (Lipinski definition) is 5. The van der Waals surface area contributed by atoms with E-state index in [1.165, 1.54) is 11.8 Å². The number of carbonyl (C=O) groups is 2. The van der Waals surface area contributed by atoms with Gasteiger partial charge in [-0.05, 0) is 30.2 Å². The molecular formula is C27H24N4O2S. The van der Waals surface area contributed by atoms with Crippen LogP contribution in [0.15, 0.2) is 94.9 Å². The van der Waals surface area contributed by atoms with Crippen LogP contribution in [-0.2, 0) is 16.1 Å². The van der Waals surface area contributed by atoms with Gasteiger partial charge in [-0.25, -0.2) is 14.9 Å². The lowest BCUT2D eigenvalue weighted by atomic mass is 10.1. The summed E-state index contributed by atoms with van der Waals surface area (Å²) in [5.74, 6) is 0.638. The van der Waals surface area contributed by atoms with Gasteiger partial charge in [-0.3, -0.25) is 9.59 Å². The van der Waals surface area contributed by atoms with Gasteiger partial charge in [0.2, 0.25) is 5.91 Å². The van der Waals surface area contributed by atoms with Crippen molar-refractivity contribution in [1.29, 1.82) is 0 Å². The smallest absolute Gasteiger partial charge is 0.263 e. The molecule has 1 atom stereocenters. The van der Waals surface area contributed by atoms with E-state index in [0.29, 0.717) is 24.1 Å². The summed E-state index contributed by atoms with van der Waals surface area (Å²) >= 11 is 1.28. The molecule has 6 nitrogen and oxygen atoms in total. The van der Waals surface area contributed by atoms with Crippen molar-refractivity contribution in [3.05, 3.63) is 102 Å². The van der Waals surface area contributed by atoms with Gasteiger partial charge >= 0.3 is 0 Å². The van der Waals surface area contributed by atoms with Gasteiger partial charge in [-0.2, -0.15) is 0 Å². The van der Waals surface area contributed by atoms with Gasteiger partial charge < -0.3 is 4.90 Å². The number of fused-ring (bicyclic) bond motifs is 3. The zero-order chi connectivity index (χ0) is 23.5. The molecule has 0 bridgehead atoms. The molecule has 0 saturated heterocycles. The predicted molar refractivity (Wildman–Crippen MR) is 136 cm³/mol. The summed E-state index contributed by atoms with van der Waals surface area (Å²) in [7, 11) is 0. The standard InChI is InChI=1S/C27H24N4O2S/c1-2-30(17-19-11-5-3-6-12-19)23(32)18-34-27-28-22-16-10-9-15-21(22)25-29-24(26(33)31(25)27)20-13-7-4-8-14-20/h3-16,24H,2,17-18H2,1H3/t24-/m0/s1. The van der Waals surface area contributed by atoms with Gasteiger partial charge in [-0.1, -0.05) is 84.6 Å². The molecule has 34 heavy (non-hydrogen) atoms. The number of hydrogen-bond donors (Lipinski definition) is 0. The van der Waals surface area contributed by atoms with Crippen LogP contribution in [0.25, 0.3) is 0 Å². The van der Waals surface area contributed by atoms with E-state index in [-0.39, 0.29) is 17.6 Å². The summed E-state index contributed by atoms with van der Waals surface area (Å²) in [4.78, 5) is 39.4. The fourth-order valence-electron chi connectivity index (χ4n) is 4.10. The van der Waals surface area contributed by atoms with Crippen LogP contribution < -0.4 is 0 Å². The van der Waals surface area contributed by atoms with Crippen molar-refractivity contribution in [2.24, 2.45) is 9.98 Å². The third-order valence-electron chi connectivity index (χ3n) is 5.86. The maximum atomic E-state index is 13.5. The lowest BCUT2D eigenvalue weighted by molar-refractivity contribution is -0.128. The fourth-order valence-corrected chi connectivity index (χ4v) is 5.00. The number of amides is 2. The van der Waals surface area contributed by atoms with Crippen molar-refractivity contribution >= 4 is 40.3 Å². The van der Waals surface area contributed by atoms with Crippen LogP contribution in [0.2, 0.25) is 0 Å². The number of aliphatic imine (C=N–C) groups is 2. The number of carbonyl (C=O) groups excluding carboxylic acids is 2. The summed E-state index contributed by atoms with van der Waals surface area (Å²) in [6.45, 7) is 3.13. The highest BCUT2D eigenvalue weighted by Crippen LogP contribution is 2.37. The fraction of sp³-hybridized carbons (Fsp3) is 0.185. The van der Waals surface area contributed by atoms with E-state index >= 15 is 0 Å².